The monoisotopic (exact) mass is 148 g/mol. The summed E-state index contributed by atoms with van der Waals surface area (Å²) in [5.74, 6) is 0. The molecule has 0 aromatic rings. The van der Waals surface area contributed by atoms with E-state index in [1.807, 2.05) is 0 Å². The van der Waals surface area contributed by atoms with Crippen molar-refractivity contribution in [2.24, 2.45) is 0 Å². The highest BCUT2D eigenvalue weighted by molar-refractivity contribution is 6.20. The predicted molar refractivity (Wildman–Crippen MR) is 39.5 cm³/mol. The topological polar surface area (TPSA) is 24.1 Å². The van der Waals surface area contributed by atoms with E-state index in [1.165, 1.54) is 0 Å². The smallest absolute Gasteiger partial charge is 0.135 e. The van der Waals surface area contributed by atoms with E-state index in [2.05, 4.69) is 24.5 Å². The number of hydrogen-bond donors (Lipinski definition) is 2. The van der Waals surface area contributed by atoms with Crippen LogP contribution in [0.5, 0.6) is 0 Å². The Morgan fingerprint density at radius 2 is 1.67 bits per heavy atom. The second-order valence-corrected chi connectivity index (χ2v) is 3.17. The van der Waals surface area contributed by atoms with Gasteiger partial charge in [0.2, 0.25) is 0 Å². The molecule has 0 saturated carbocycles. The minimum atomic E-state index is -0.0382. The predicted octanol–water partition coefficient (Wildman–Crippen LogP) is 0.869. The lowest BCUT2D eigenvalue weighted by Crippen LogP contribution is -2.53. The molecule has 0 amide bonds. The van der Waals surface area contributed by atoms with E-state index in [9.17, 15) is 0 Å². The summed E-state index contributed by atoms with van der Waals surface area (Å²) in [6.45, 7) is 4.29. The first-order chi connectivity index (χ1) is 4.18. The summed E-state index contributed by atoms with van der Waals surface area (Å²) in [4.78, 5) is 0. The molecule has 54 valence electrons. The number of nitrogens with one attached hydrogen (secondary N) is 2. The SMILES string of the molecule is CC1CC(C)NC(Cl)N1. The Balaban J connectivity index is 2.34. The van der Waals surface area contributed by atoms with Gasteiger partial charge in [0, 0.05) is 12.1 Å². The Bertz CT molecular complexity index is 72.0. The molecule has 0 aliphatic carbocycles. The van der Waals surface area contributed by atoms with E-state index in [0.29, 0.717) is 12.1 Å². The van der Waals surface area contributed by atoms with Crippen LogP contribution in [0.4, 0.5) is 0 Å². The third-order valence-corrected chi connectivity index (χ3v) is 1.82. The zero-order chi connectivity index (χ0) is 6.85. The van der Waals surface area contributed by atoms with Gasteiger partial charge in [0.15, 0.2) is 0 Å². The molecular weight excluding hydrogens is 136 g/mol. The molecule has 1 saturated heterocycles. The number of alkyl halides is 1. The summed E-state index contributed by atoms with van der Waals surface area (Å²) in [5.41, 5.74) is -0.0382. The standard InChI is InChI=1S/C6H13ClN2/c1-4-3-5(2)9-6(7)8-4/h4-6,8-9H,3H2,1-2H3. The molecule has 0 aromatic carbocycles. The molecule has 2 atom stereocenters. The molecule has 1 rings (SSSR count). The highest BCUT2D eigenvalue weighted by Gasteiger charge is 2.19. The van der Waals surface area contributed by atoms with Crippen LogP contribution in [0.3, 0.4) is 0 Å². The molecule has 2 N–H and O–H groups in total. The highest BCUT2D eigenvalue weighted by Crippen LogP contribution is 2.06. The Kier molecular flexibility index (Phi) is 2.33. The van der Waals surface area contributed by atoms with Crippen molar-refractivity contribution in [2.75, 3.05) is 0 Å². The zero-order valence-corrected chi connectivity index (χ0v) is 6.57. The summed E-state index contributed by atoms with van der Waals surface area (Å²) < 4.78 is 0. The van der Waals surface area contributed by atoms with Crippen molar-refractivity contribution in [3.63, 3.8) is 0 Å². The highest BCUT2D eigenvalue weighted by atomic mass is 35.5. The fourth-order valence-electron chi connectivity index (χ4n) is 1.21. The Morgan fingerprint density at radius 3 is 2.00 bits per heavy atom. The van der Waals surface area contributed by atoms with Crippen LogP contribution in [0.25, 0.3) is 0 Å². The van der Waals surface area contributed by atoms with Crippen molar-refractivity contribution < 1.29 is 0 Å². The van der Waals surface area contributed by atoms with Gasteiger partial charge in [0.05, 0.1) is 0 Å². The minimum Gasteiger partial charge on any atom is -0.287 e. The van der Waals surface area contributed by atoms with Crippen LogP contribution in [-0.2, 0) is 0 Å². The maximum Gasteiger partial charge on any atom is 0.135 e. The zero-order valence-electron chi connectivity index (χ0n) is 5.82. The van der Waals surface area contributed by atoms with Gasteiger partial charge < -0.3 is 0 Å². The quantitative estimate of drug-likeness (QED) is 0.394. The van der Waals surface area contributed by atoms with Crippen LogP contribution in [0.1, 0.15) is 20.3 Å². The molecule has 2 unspecified atom stereocenters. The lowest BCUT2D eigenvalue weighted by Gasteiger charge is -2.30. The van der Waals surface area contributed by atoms with Crippen molar-refractivity contribution in [2.45, 2.75) is 38.0 Å². The maximum atomic E-state index is 5.78. The van der Waals surface area contributed by atoms with Crippen LogP contribution in [0.2, 0.25) is 0 Å². The van der Waals surface area contributed by atoms with Gasteiger partial charge in [0.25, 0.3) is 0 Å². The van der Waals surface area contributed by atoms with Gasteiger partial charge in [-0.1, -0.05) is 11.6 Å². The largest absolute Gasteiger partial charge is 0.287 e. The fraction of sp³-hybridized carbons (Fsp3) is 1.00. The van der Waals surface area contributed by atoms with E-state index in [0.717, 1.165) is 6.42 Å². The van der Waals surface area contributed by atoms with E-state index >= 15 is 0 Å². The van der Waals surface area contributed by atoms with Crippen molar-refractivity contribution in [1.82, 2.24) is 10.6 Å². The van der Waals surface area contributed by atoms with Crippen molar-refractivity contribution in [3.05, 3.63) is 0 Å². The van der Waals surface area contributed by atoms with Crippen LogP contribution >= 0.6 is 11.6 Å². The van der Waals surface area contributed by atoms with Gasteiger partial charge in [0.1, 0.15) is 5.62 Å². The van der Waals surface area contributed by atoms with Crippen molar-refractivity contribution >= 4 is 11.6 Å². The second kappa shape index (κ2) is 2.86. The van der Waals surface area contributed by atoms with Gasteiger partial charge in [-0.25, -0.2) is 0 Å². The Hall–Kier alpha value is 0.210. The summed E-state index contributed by atoms with van der Waals surface area (Å²) in [5, 5.41) is 6.33. The first-order valence-electron chi connectivity index (χ1n) is 3.34. The lowest BCUT2D eigenvalue weighted by atomic mass is 10.1. The molecule has 1 heterocycles. The molecule has 3 heteroatoms. The molecule has 0 aromatic heterocycles. The van der Waals surface area contributed by atoms with Gasteiger partial charge in [-0.3, -0.25) is 10.6 Å². The average molecular weight is 149 g/mol. The van der Waals surface area contributed by atoms with Crippen LogP contribution in [0.15, 0.2) is 0 Å². The molecule has 2 nitrogen and oxygen atoms in total. The normalized spacial score (nSPS) is 45.0. The van der Waals surface area contributed by atoms with Crippen LogP contribution in [-0.4, -0.2) is 17.7 Å². The molecule has 0 radical (unpaired) electrons. The van der Waals surface area contributed by atoms with E-state index < -0.39 is 0 Å². The fourth-order valence-corrected chi connectivity index (χ4v) is 1.64. The number of halogens is 1. The summed E-state index contributed by atoms with van der Waals surface area (Å²) >= 11 is 5.78. The molecule has 0 spiro atoms. The second-order valence-electron chi connectivity index (χ2n) is 2.73. The van der Waals surface area contributed by atoms with Crippen LogP contribution in [0, 0.1) is 0 Å². The first-order valence-corrected chi connectivity index (χ1v) is 3.78. The summed E-state index contributed by atoms with van der Waals surface area (Å²) in [6, 6.07) is 1.09. The number of hydrogen-bond acceptors (Lipinski definition) is 2. The van der Waals surface area contributed by atoms with E-state index in [4.69, 9.17) is 11.6 Å². The number of rotatable bonds is 0. The maximum absolute atomic E-state index is 5.78. The molecule has 1 aliphatic rings. The van der Waals surface area contributed by atoms with Crippen LogP contribution < -0.4 is 10.6 Å². The van der Waals surface area contributed by atoms with Crippen molar-refractivity contribution in [3.8, 4) is 0 Å². The van der Waals surface area contributed by atoms with Crippen molar-refractivity contribution in [1.29, 1.82) is 0 Å². The Morgan fingerprint density at radius 1 is 1.22 bits per heavy atom. The Labute approximate surface area is 61.0 Å². The third kappa shape index (κ3) is 2.12. The lowest BCUT2D eigenvalue weighted by molar-refractivity contribution is 0.319. The van der Waals surface area contributed by atoms with Gasteiger partial charge in [-0.15, -0.1) is 0 Å². The summed E-state index contributed by atoms with van der Waals surface area (Å²) in [6.07, 6.45) is 1.16. The van der Waals surface area contributed by atoms with E-state index in [1.54, 1.807) is 0 Å². The summed E-state index contributed by atoms with van der Waals surface area (Å²) in [7, 11) is 0. The van der Waals surface area contributed by atoms with Gasteiger partial charge >= 0.3 is 0 Å². The first kappa shape index (κ1) is 7.32. The molecular formula is C6H13ClN2. The van der Waals surface area contributed by atoms with Gasteiger partial charge in [-0.2, -0.15) is 0 Å². The average Bonchev–Trinajstić information content (AvgIpc) is 1.59. The molecule has 1 fully saturated rings. The van der Waals surface area contributed by atoms with E-state index in [-0.39, 0.29) is 5.62 Å². The third-order valence-electron chi connectivity index (χ3n) is 1.57. The molecule has 1 aliphatic heterocycles. The molecule has 0 bridgehead atoms. The minimum absolute atomic E-state index is 0.0382. The molecule has 9 heavy (non-hydrogen) atoms. The van der Waals surface area contributed by atoms with Gasteiger partial charge in [-0.05, 0) is 20.3 Å².